The Hall–Kier alpha value is -0.120. The molecule has 0 heterocycles. The van der Waals surface area contributed by atoms with Crippen LogP contribution in [-0.2, 0) is 0 Å². The van der Waals surface area contributed by atoms with Crippen molar-refractivity contribution in [1.82, 2.24) is 0 Å². The molecule has 0 saturated carbocycles. The van der Waals surface area contributed by atoms with E-state index in [0.717, 1.165) is 25.7 Å². The summed E-state index contributed by atoms with van der Waals surface area (Å²) in [5.41, 5.74) is 5.63. The zero-order valence-electron chi connectivity index (χ0n) is 20.1. The van der Waals surface area contributed by atoms with E-state index in [9.17, 15) is 10.2 Å². The van der Waals surface area contributed by atoms with E-state index in [1.807, 2.05) is 0 Å². The number of aliphatic hydroxyl groups is 2. The normalized spacial score (nSPS) is 12.2. The van der Waals surface area contributed by atoms with Crippen LogP contribution in [0.1, 0.15) is 155 Å². The van der Waals surface area contributed by atoms with Gasteiger partial charge in [0, 0.05) is 5.92 Å². The van der Waals surface area contributed by atoms with Crippen LogP contribution in [0.3, 0.4) is 0 Å². The maximum Gasteiger partial charge on any atom is 0.222 e. The van der Waals surface area contributed by atoms with Crippen LogP contribution < -0.4 is 5.73 Å². The van der Waals surface area contributed by atoms with Gasteiger partial charge in [0.1, 0.15) is 0 Å². The van der Waals surface area contributed by atoms with Crippen molar-refractivity contribution in [2.75, 3.05) is 0 Å². The molecule has 0 aliphatic heterocycles. The zero-order chi connectivity index (χ0) is 21.6. The van der Waals surface area contributed by atoms with Crippen molar-refractivity contribution in [1.29, 1.82) is 0 Å². The van der Waals surface area contributed by atoms with Gasteiger partial charge in [-0.2, -0.15) is 0 Å². The molecule has 3 nitrogen and oxygen atoms in total. The van der Waals surface area contributed by atoms with E-state index >= 15 is 0 Å². The molecule has 0 aromatic carbocycles. The van der Waals surface area contributed by atoms with Gasteiger partial charge in [-0.3, -0.25) is 5.73 Å². The largest absolute Gasteiger partial charge is 0.353 e. The number of hydrogen-bond donors (Lipinski definition) is 3. The average Bonchev–Trinajstić information content (AvgIpc) is 2.68. The van der Waals surface area contributed by atoms with E-state index < -0.39 is 5.91 Å². The Labute approximate surface area is 183 Å². The van der Waals surface area contributed by atoms with Crippen molar-refractivity contribution in [2.45, 2.75) is 161 Å². The smallest absolute Gasteiger partial charge is 0.222 e. The molecule has 4 N–H and O–H groups in total. The summed E-state index contributed by atoms with van der Waals surface area (Å²) in [5, 5.41) is 19.8. The van der Waals surface area contributed by atoms with Gasteiger partial charge in [-0.25, -0.2) is 0 Å². The second-order valence-corrected chi connectivity index (χ2v) is 9.42. The van der Waals surface area contributed by atoms with Crippen molar-refractivity contribution in [2.24, 2.45) is 11.7 Å². The van der Waals surface area contributed by atoms with Crippen LogP contribution in [-0.4, -0.2) is 16.1 Å². The first-order chi connectivity index (χ1) is 14.0. The first-order valence-corrected chi connectivity index (χ1v) is 13.3. The highest BCUT2D eigenvalue weighted by Crippen LogP contribution is 2.25. The maximum absolute atomic E-state index is 9.90. The molecule has 0 aliphatic carbocycles. The third kappa shape index (κ3) is 20.9. The van der Waals surface area contributed by atoms with E-state index in [4.69, 9.17) is 5.73 Å². The minimum absolute atomic E-state index is 0.175. The zero-order valence-corrected chi connectivity index (χ0v) is 20.1. The standard InChI is InChI=1S/C26H55NO2/c1-3-5-7-9-11-13-15-17-19-21-23-25(26(27,28)29)24-22-20-18-16-14-12-10-8-6-4-2/h25,28-29H,3-24,27H2,1-2H3. The number of unbranched alkanes of at least 4 members (excludes halogenated alkanes) is 18. The molecule has 29 heavy (non-hydrogen) atoms. The van der Waals surface area contributed by atoms with Gasteiger partial charge in [-0.05, 0) is 12.8 Å². The van der Waals surface area contributed by atoms with Crippen LogP contribution in [0.25, 0.3) is 0 Å². The summed E-state index contributed by atoms with van der Waals surface area (Å²) in [6.07, 6.45) is 27.8. The molecule has 0 atom stereocenters. The minimum atomic E-state index is -2.00. The van der Waals surface area contributed by atoms with Crippen LogP contribution in [0.2, 0.25) is 0 Å². The number of nitrogens with two attached hydrogens (primary N) is 1. The van der Waals surface area contributed by atoms with Gasteiger partial charge in [-0.15, -0.1) is 0 Å². The quantitative estimate of drug-likeness (QED) is 0.118. The van der Waals surface area contributed by atoms with Crippen LogP contribution in [0.5, 0.6) is 0 Å². The average molecular weight is 414 g/mol. The third-order valence-corrected chi connectivity index (χ3v) is 6.41. The van der Waals surface area contributed by atoms with Gasteiger partial charge in [0.15, 0.2) is 0 Å². The monoisotopic (exact) mass is 413 g/mol. The molecular formula is C26H55NO2. The summed E-state index contributed by atoms with van der Waals surface area (Å²) < 4.78 is 0. The summed E-state index contributed by atoms with van der Waals surface area (Å²) in [7, 11) is 0. The van der Waals surface area contributed by atoms with Crippen LogP contribution in [0, 0.1) is 5.92 Å². The molecule has 0 radical (unpaired) electrons. The Morgan fingerprint density at radius 1 is 0.483 bits per heavy atom. The summed E-state index contributed by atoms with van der Waals surface area (Å²) in [6.45, 7) is 4.52. The van der Waals surface area contributed by atoms with Crippen molar-refractivity contribution in [3.05, 3.63) is 0 Å². The lowest BCUT2D eigenvalue weighted by atomic mass is 9.91. The summed E-state index contributed by atoms with van der Waals surface area (Å²) in [5.74, 6) is -2.18. The molecule has 176 valence electrons. The van der Waals surface area contributed by atoms with Crippen molar-refractivity contribution >= 4 is 0 Å². The molecular weight excluding hydrogens is 358 g/mol. The van der Waals surface area contributed by atoms with E-state index in [2.05, 4.69) is 13.8 Å². The summed E-state index contributed by atoms with van der Waals surface area (Å²) >= 11 is 0. The maximum atomic E-state index is 9.90. The van der Waals surface area contributed by atoms with Gasteiger partial charge in [0.25, 0.3) is 0 Å². The lowest BCUT2D eigenvalue weighted by Crippen LogP contribution is -2.47. The van der Waals surface area contributed by atoms with Crippen molar-refractivity contribution in [3.63, 3.8) is 0 Å². The van der Waals surface area contributed by atoms with E-state index in [-0.39, 0.29) is 5.92 Å². The predicted molar refractivity (Wildman–Crippen MR) is 128 cm³/mol. The highest BCUT2D eigenvalue weighted by molar-refractivity contribution is 4.70. The molecule has 0 unspecified atom stereocenters. The summed E-state index contributed by atoms with van der Waals surface area (Å²) in [6, 6.07) is 0. The lowest BCUT2D eigenvalue weighted by Gasteiger charge is -2.27. The Balaban J connectivity index is 3.61. The fourth-order valence-corrected chi connectivity index (χ4v) is 4.33. The Bertz CT molecular complexity index is 290. The SMILES string of the molecule is CCCCCCCCCCCCC(CCCCCCCCCCCC)C(N)(O)O. The van der Waals surface area contributed by atoms with Crippen molar-refractivity contribution in [3.8, 4) is 0 Å². The van der Waals surface area contributed by atoms with Gasteiger partial charge < -0.3 is 10.2 Å². The predicted octanol–water partition coefficient (Wildman–Crippen LogP) is 7.82. The van der Waals surface area contributed by atoms with Gasteiger partial charge in [0.05, 0.1) is 0 Å². The molecule has 0 fully saturated rings. The Morgan fingerprint density at radius 3 is 0.966 bits per heavy atom. The van der Waals surface area contributed by atoms with Crippen molar-refractivity contribution < 1.29 is 10.2 Å². The highest BCUT2D eigenvalue weighted by Gasteiger charge is 2.28. The van der Waals surface area contributed by atoms with E-state index in [1.165, 1.54) is 116 Å². The topological polar surface area (TPSA) is 66.5 Å². The van der Waals surface area contributed by atoms with Gasteiger partial charge in [-0.1, -0.05) is 142 Å². The fraction of sp³-hybridized carbons (Fsp3) is 1.00. The second-order valence-electron chi connectivity index (χ2n) is 9.42. The molecule has 0 bridgehead atoms. The minimum Gasteiger partial charge on any atom is -0.353 e. The molecule has 0 aromatic heterocycles. The Kier molecular flexibility index (Phi) is 21.0. The van der Waals surface area contributed by atoms with Gasteiger partial charge in [0.2, 0.25) is 5.91 Å². The van der Waals surface area contributed by atoms with E-state index in [0.29, 0.717) is 0 Å². The van der Waals surface area contributed by atoms with Crippen LogP contribution >= 0.6 is 0 Å². The lowest BCUT2D eigenvalue weighted by molar-refractivity contribution is -0.199. The molecule has 0 rings (SSSR count). The number of rotatable bonds is 23. The van der Waals surface area contributed by atoms with E-state index in [1.54, 1.807) is 0 Å². The molecule has 0 aliphatic rings. The Morgan fingerprint density at radius 2 is 0.724 bits per heavy atom. The second kappa shape index (κ2) is 21.1. The first-order valence-electron chi connectivity index (χ1n) is 13.3. The van der Waals surface area contributed by atoms with Crippen LogP contribution in [0.15, 0.2) is 0 Å². The number of hydrogen-bond acceptors (Lipinski definition) is 3. The molecule has 0 aromatic rings. The molecule has 0 amide bonds. The highest BCUT2D eigenvalue weighted by atomic mass is 16.5. The van der Waals surface area contributed by atoms with Gasteiger partial charge >= 0.3 is 0 Å². The molecule has 0 spiro atoms. The van der Waals surface area contributed by atoms with Crippen LogP contribution in [0.4, 0.5) is 0 Å². The molecule has 0 saturated heterocycles. The third-order valence-electron chi connectivity index (χ3n) is 6.41. The molecule has 3 heteroatoms. The summed E-state index contributed by atoms with van der Waals surface area (Å²) in [4.78, 5) is 0. The fourth-order valence-electron chi connectivity index (χ4n) is 4.33. The first kappa shape index (κ1) is 28.9.